The van der Waals surface area contributed by atoms with E-state index in [-0.39, 0.29) is 30.9 Å². The molecule has 1 aliphatic heterocycles. The first kappa shape index (κ1) is 21.7. The number of carbonyl (C=O) groups is 2. The first-order valence-corrected chi connectivity index (χ1v) is 8.47. The largest absolute Gasteiger partial charge is 0.480 e. The Balaban J connectivity index is 0.00000312. The van der Waals surface area contributed by atoms with Crippen molar-refractivity contribution in [1.82, 2.24) is 15.1 Å². The third kappa shape index (κ3) is 7.61. The quantitative estimate of drug-likeness (QED) is 0.744. The number of rotatable bonds is 7. The number of likely N-dealkylation sites (N-methyl/N-ethyl adjacent to an activating group) is 1. The third-order valence-corrected chi connectivity index (χ3v) is 4.55. The van der Waals surface area contributed by atoms with Crippen molar-refractivity contribution in [3.8, 4) is 0 Å². The molecule has 0 radical (unpaired) electrons. The van der Waals surface area contributed by atoms with Crippen LogP contribution in [0.1, 0.15) is 18.4 Å². The van der Waals surface area contributed by atoms with Gasteiger partial charge in [-0.3, -0.25) is 19.4 Å². The van der Waals surface area contributed by atoms with Crippen molar-refractivity contribution in [3.05, 3.63) is 34.9 Å². The molecule has 0 unspecified atom stereocenters. The molecular weight excluding hydrogens is 365 g/mol. The van der Waals surface area contributed by atoms with Crippen molar-refractivity contribution < 1.29 is 14.7 Å². The Bertz CT molecular complexity index is 578. The summed E-state index contributed by atoms with van der Waals surface area (Å²) in [4.78, 5) is 26.8. The van der Waals surface area contributed by atoms with E-state index in [1.807, 2.05) is 30.1 Å². The Kier molecular flexibility index (Phi) is 9.21. The summed E-state index contributed by atoms with van der Waals surface area (Å²) in [6, 6.07) is 7.70. The Morgan fingerprint density at radius 1 is 1.36 bits per heavy atom. The van der Waals surface area contributed by atoms with Gasteiger partial charge in [-0.05, 0) is 37.6 Å². The van der Waals surface area contributed by atoms with Crippen LogP contribution in [0.5, 0.6) is 0 Å². The fraction of sp³-hybridized carbons (Fsp3) is 0.529. The number of carboxylic acid groups (broad SMARTS) is 1. The highest BCUT2D eigenvalue weighted by Crippen LogP contribution is 2.15. The summed E-state index contributed by atoms with van der Waals surface area (Å²) in [7, 11) is 1.84. The fourth-order valence-electron chi connectivity index (χ4n) is 2.97. The number of nitrogens with zero attached hydrogens (tertiary/aromatic N) is 2. The lowest BCUT2D eigenvalue weighted by molar-refractivity contribution is -0.138. The number of hydrogen-bond donors (Lipinski definition) is 2. The molecule has 0 bridgehead atoms. The number of carboxylic acids is 1. The molecule has 0 aliphatic carbocycles. The SMILES string of the molecule is CN(CC(=O)O)C1CCN(CC(=O)NCc2cccc(Cl)c2)CC1.Cl. The second-order valence-corrected chi connectivity index (χ2v) is 6.66. The van der Waals surface area contributed by atoms with E-state index in [0.29, 0.717) is 18.1 Å². The number of halogens is 2. The molecule has 2 rings (SSSR count). The predicted octanol–water partition coefficient (Wildman–Crippen LogP) is 1.86. The van der Waals surface area contributed by atoms with Crippen LogP contribution in [0.2, 0.25) is 5.02 Å². The maximum Gasteiger partial charge on any atom is 0.317 e. The van der Waals surface area contributed by atoms with Crippen molar-refractivity contribution in [2.24, 2.45) is 0 Å². The molecule has 140 valence electrons. The first-order chi connectivity index (χ1) is 11.4. The zero-order chi connectivity index (χ0) is 17.5. The van der Waals surface area contributed by atoms with Gasteiger partial charge in [-0.15, -0.1) is 12.4 Å². The molecule has 8 heteroatoms. The van der Waals surface area contributed by atoms with Gasteiger partial charge in [-0.2, -0.15) is 0 Å². The molecule has 1 amide bonds. The van der Waals surface area contributed by atoms with Gasteiger partial charge >= 0.3 is 5.97 Å². The van der Waals surface area contributed by atoms with Gasteiger partial charge in [0.25, 0.3) is 0 Å². The monoisotopic (exact) mass is 389 g/mol. The van der Waals surface area contributed by atoms with Crippen LogP contribution < -0.4 is 5.32 Å². The molecule has 1 aromatic carbocycles. The normalized spacial score (nSPS) is 15.6. The molecule has 2 N–H and O–H groups in total. The number of piperidine rings is 1. The van der Waals surface area contributed by atoms with Crippen molar-refractivity contribution in [2.75, 3.05) is 33.2 Å². The Morgan fingerprint density at radius 3 is 2.64 bits per heavy atom. The first-order valence-electron chi connectivity index (χ1n) is 8.09. The fourth-order valence-corrected chi connectivity index (χ4v) is 3.18. The van der Waals surface area contributed by atoms with Crippen LogP contribution in [0.25, 0.3) is 0 Å². The van der Waals surface area contributed by atoms with Crippen LogP contribution in [0.4, 0.5) is 0 Å². The van der Waals surface area contributed by atoms with Gasteiger partial charge in [0.2, 0.25) is 5.91 Å². The average Bonchev–Trinajstić information content (AvgIpc) is 2.53. The lowest BCUT2D eigenvalue weighted by Gasteiger charge is -2.35. The van der Waals surface area contributed by atoms with E-state index >= 15 is 0 Å². The van der Waals surface area contributed by atoms with Crippen LogP contribution in [0.3, 0.4) is 0 Å². The van der Waals surface area contributed by atoms with E-state index in [2.05, 4.69) is 10.2 Å². The number of aliphatic carboxylic acids is 1. The summed E-state index contributed by atoms with van der Waals surface area (Å²) in [6.45, 7) is 2.51. The van der Waals surface area contributed by atoms with E-state index in [9.17, 15) is 9.59 Å². The minimum absolute atomic E-state index is 0. The molecule has 1 saturated heterocycles. The molecule has 1 fully saturated rings. The van der Waals surface area contributed by atoms with Crippen LogP contribution >= 0.6 is 24.0 Å². The number of nitrogens with one attached hydrogen (secondary N) is 1. The maximum atomic E-state index is 12.1. The van der Waals surface area contributed by atoms with Crippen molar-refractivity contribution in [1.29, 1.82) is 0 Å². The van der Waals surface area contributed by atoms with Crippen LogP contribution in [-0.2, 0) is 16.1 Å². The molecule has 6 nitrogen and oxygen atoms in total. The molecule has 0 aromatic heterocycles. The van der Waals surface area contributed by atoms with Gasteiger partial charge in [0, 0.05) is 30.7 Å². The van der Waals surface area contributed by atoms with E-state index in [1.54, 1.807) is 6.07 Å². The zero-order valence-corrected chi connectivity index (χ0v) is 15.9. The average molecular weight is 390 g/mol. The summed E-state index contributed by atoms with van der Waals surface area (Å²) in [5.41, 5.74) is 0.977. The van der Waals surface area contributed by atoms with E-state index in [4.69, 9.17) is 16.7 Å². The third-order valence-electron chi connectivity index (χ3n) is 4.31. The second-order valence-electron chi connectivity index (χ2n) is 6.22. The van der Waals surface area contributed by atoms with Gasteiger partial charge in [0.15, 0.2) is 0 Å². The standard InChI is InChI=1S/C17H24ClN3O3.ClH/c1-20(12-17(23)24)15-5-7-21(8-6-15)11-16(22)19-10-13-3-2-4-14(18)9-13;/h2-4,9,15H,5-8,10-12H2,1H3,(H,19,22)(H,23,24);1H. The van der Waals surface area contributed by atoms with Crippen LogP contribution in [0.15, 0.2) is 24.3 Å². The van der Waals surface area contributed by atoms with Gasteiger partial charge in [-0.1, -0.05) is 23.7 Å². The number of likely N-dealkylation sites (tertiary alicyclic amines) is 1. The van der Waals surface area contributed by atoms with Gasteiger partial charge in [0.05, 0.1) is 13.1 Å². The zero-order valence-electron chi connectivity index (χ0n) is 14.3. The topological polar surface area (TPSA) is 72.9 Å². The second kappa shape index (κ2) is 10.6. The molecule has 1 aliphatic rings. The Morgan fingerprint density at radius 2 is 2.04 bits per heavy atom. The molecule has 1 aromatic rings. The molecule has 0 spiro atoms. The Labute approximate surface area is 159 Å². The maximum absolute atomic E-state index is 12.1. The van der Waals surface area contributed by atoms with E-state index in [0.717, 1.165) is 31.5 Å². The highest BCUT2D eigenvalue weighted by Gasteiger charge is 2.24. The van der Waals surface area contributed by atoms with E-state index in [1.165, 1.54) is 0 Å². The summed E-state index contributed by atoms with van der Waals surface area (Å²) < 4.78 is 0. The number of amides is 1. The minimum Gasteiger partial charge on any atom is -0.480 e. The van der Waals surface area contributed by atoms with Crippen molar-refractivity contribution in [3.63, 3.8) is 0 Å². The predicted molar refractivity (Wildman–Crippen MR) is 100 cm³/mol. The van der Waals surface area contributed by atoms with Crippen molar-refractivity contribution >= 4 is 35.9 Å². The molecular formula is C17H25Cl2N3O3. The number of benzene rings is 1. The highest BCUT2D eigenvalue weighted by molar-refractivity contribution is 6.30. The minimum atomic E-state index is -0.805. The summed E-state index contributed by atoms with van der Waals surface area (Å²) in [5.74, 6) is -0.812. The Hall–Kier alpha value is -1.34. The lowest BCUT2D eigenvalue weighted by Crippen LogP contribution is -2.47. The van der Waals surface area contributed by atoms with Crippen molar-refractivity contribution in [2.45, 2.75) is 25.4 Å². The number of carbonyl (C=O) groups excluding carboxylic acids is 1. The molecule has 0 atom stereocenters. The number of hydrogen-bond acceptors (Lipinski definition) is 4. The lowest BCUT2D eigenvalue weighted by atomic mass is 10.0. The summed E-state index contributed by atoms with van der Waals surface area (Å²) >= 11 is 5.92. The van der Waals surface area contributed by atoms with E-state index < -0.39 is 5.97 Å². The molecule has 25 heavy (non-hydrogen) atoms. The molecule has 0 saturated carbocycles. The summed E-state index contributed by atoms with van der Waals surface area (Å²) in [5, 5.41) is 12.4. The summed E-state index contributed by atoms with van der Waals surface area (Å²) in [6.07, 6.45) is 1.76. The van der Waals surface area contributed by atoms with Gasteiger partial charge in [-0.25, -0.2) is 0 Å². The van der Waals surface area contributed by atoms with Gasteiger partial charge < -0.3 is 10.4 Å². The highest BCUT2D eigenvalue weighted by atomic mass is 35.5. The van der Waals surface area contributed by atoms with Gasteiger partial charge in [0.1, 0.15) is 0 Å². The van der Waals surface area contributed by atoms with Crippen LogP contribution in [0, 0.1) is 0 Å². The van der Waals surface area contributed by atoms with Crippen LogP contribution in [-0.4, -0.2) is 66.1 Å². The smallest absolute Gasteiger partial charge is 0.317 e. The molecule has 1 heterocycles.